The average Bonchev–Trinajstić information content (AvgIpc) is 3.16. The van der Waals surface area contributed by atoms with Gasteiger partial charge in [-0.1, -0.05) is 51.8 Å². The first-order valence-corrected chi connectivity index (χ1v) is 12.0. The third-order valence-electron chi connectivity index (χ3n) is 6.13. The van der Waals surface area contributed by atoms with E-state index < -0.39 is 0 Å². The maximum Gasteiger partial charge on any atom is 0.226 e. The molecule has 1 aliphatic rings. The first-order chi connectivity index (χ1) is 15.5. The van der Waals surface area contributed by atoms with Crippen LogP contribution in [-0.4, -0.2) is 35.4 Å². The zero-order valence-electron chi connectivity index (χ0n) is 18.7. The maximum absolute atomic E-state index is 12.6. The van der Waals surface area contributed by atoms with E-state index in [1.54, 1.807) is 0 Å². The summed E-state index contributed by atoms with van der Waals surface area (Å²) in [5, 5.41) is 3.13. The van der Waals surface area contributed by atoms with Crippen LogP contribution in [0.3, 0.4) is 0 Å². The van der Waals surface area contributed by atoms with Gasteiger partial charge in [0.1, 0.15) is 5.76 Å². The zero-order chi connectivity index (χ0) is 22.5. The molecule has 6 heteroatoms. The van der Waals surface area contributed by atoms with Gasteiger partial charge in [0.15, 0.2) is 0 Å². The molecular weight excluding hydrogens is 466 g/mol. The van der Waals surface area contributed by atoms with Crippen molar-refractivity contribution in [2.75, 3.05) is 19.6 Å². The fourth-order valence-corrected chi connectivity index (χ4v) is 4.51. The quantitative estimate of drug-likeness (QED) is 0.483. The Morgan fingerprint density at radius 2 is 1.91 bits per heavy atom. The number of nitrogens with zero attached hydrogens (tertiary/aromatic N) is 2. The van der Waals surface area contributed by atoms with Crippen molar-refractivity contribution in [2.45, 2.75) is 39.7 Å². The number of nitrogens with one attached hydrogen (secondary N) is 1. The number of amides is 1. The SMILES string of the molecule is Cc1ccc(CCNC(=O)C2CCN(Cc3nc(-c4cccc(Br)c4)oc3C)CC2)cc1. The van der Waals surface area contributed by atoms with Gasteiger partial charge in [-0.15, -0.1) is 0 Å². The molecule has 0 saturated carbocycles. The van der Waals surface area contributed by atoms with E-state index in [9.17, 15) is 4.79 Å². The second-order valence-electron chi connectivity index (χ2n) is 8.61. The summed E-state index contributed by atoms with van der Waals surface area (Å²) in [5.41, 5.74) is 4.46. The number of piperidine rings is 1. The number of rotatable bonds is 7. The van der Waals surface area contributed by atoms with Gasteiger partial charge in [0.25, 0.3) is 0 Å². The van der Waals surface area contributed by atoms with Crippen LogP contribution in [0.25, 0.3) is 11.5 Å². The van der Waals surface area contributed by atoms with Gasteiger partial charge < -0.3 is 9.73 Å². The van der Waals surface area contributed by atoms with E-state index in [1.807, 2.05) is 31.2 Å². The molecule has 2 heterocycles. The van der Waals surface area contributed by atoms with Crippen LogP contribution in [0.5, 0.6) is 0 Å². The Morgan fingerprint density at radius 1 is 1.16 bits per heavy atom. The van der Waals surface area contributed by atoms with E-state index in [0.29, 0.717) is 12.4 Å². The van der Waals surface area contributed by atoms with Crippen molar-refractivity contribution in [3.8, 4) is 11.5 Å². The fourth-order valence-electron chi connectivity index (χ4n) is 4.11. The number of likely N-dealkylation sites (tertiary alicyclic amines) is 1. The molecule has 2 aromatic carbocycles. The molecule has 4 rings (SSSR count). The lowest BCUT2D eigenvalue weighted by Gasteiger charge is -2.30. The number of oxazole rings is 1. The number of benzene rings is 2. The van der Waals surface area contributed by atoms with Crippen molar-refractivity contribution in [3.05, 3.63) is 75.6 Å². The molecule has 1 aromatic heterocycles. The minimum atomic E-state index is 0.0971. The van der Waals surface area contributed by atoms with Crippen LogP contribution in [0.4, 0.5) is 0 Å². The summed E-state index contributed by atoms with van der Waals surface area (Å²) in [6, 6.07) is 16.5. The molecule has 1 N–H and O–H groups in total. The largest absolute Gasteiger partial charge is 0.441 e. The van der Waals surface area contributed by atoms with E-state index in [4.69, 9.17) is 9.40 Å². The van der Waals surface area contributed by atoms with E-state index in [0.717, 1.165) is 60.4 Å². The molecule has 1 amide bonds. The molecule has 0 atom stereocenters. The van der Waals surface area contributed by atoms with Gasteiger partial charge in [-0.2, -0.15) is 0 Å². The Balaban J connectivity index is 1.24. The van der Waals surface area contributed by atoms with Gasteiger partial charge in [0.05, 0.1) is 5.69 Å². The minimum Gasteiger partial charge on any atom is -0.441 e. The van der Waals surface area contributed by atoms with Gasteiger partial charge >= 0.3 is 0 Å². The monoisotopic (exact) mass is 495 g/mol. The number of aryl methyl sites for hydroxylation is 2. The summed E-state index contributed by atoms with van der Waals surface area (Å²) >= 11 is 3.50. The number of hydrogen-bond acceptors (Lipinski definition) is 4. The Bertz CT molecular complexity index is 1050. The highest BCUT2D eigenvalue weighted by molar-refractivity contribution is 9.10. The summed E-state index contributed by atoms with van der Waals surface area (Å²) in [5.74, 6) is 1.80. The lowest BCUT2D eigenvalue weighted by Crippen LogP contribution is -2.40. The predicted molar refractivity (Wildman–Crippen MR) is 130 cm³/mol. The van der Waals surface area contributed by atoms with Crippen molar-refractivity contribution >= 4 is 21.8 Å². The molecular formula is C26H30BrN3O2. The van der Waals surface area contributed by atoms with Gasteiger partial charge in [-0.05, 0) is 70.0 Å². The molecule has 0 radical (unpaired) electrons. The third kappa shape index (κ3) is 5.87. The molecule has 0 spiro atoms. The number of halogens is 1. The Hall–Kier alpha value is -2.44. The lowest BCUT2D eigenvalue weighted by molar-refractivity contribution is -0.126. The van der Waals surface area contributed by atoms with Crippen molar-refractivity contribution in [3.63, 3.8) is 0 Å². The van der Waals surface area contributed by atoms with Crippen molar-refractivity contribution < 1.29 is 9.21 Å². The second kappa shape index (κ2) is 10.5. The summed E-state index contributed by atoms with van der Waals surface area (Å²) in [6.45, 7) is 7.30. The minimum absolute atomic E-state index is 0.0971. The second-order valence-corrected chi connectivity index (χ2v) is 9.52. The molecule has 1 saturated heterocycles. The molecule has 32 heavy (non-hydrogen) atoms. The van der Waals surface area contributed by atoms with Crippen molar-refractivity contribution in [2.24, 2.45) is 5.92 Å². The third-order valence-corrected chi connectivity index (χ3v) is 6.62. The molecule has 3 aromatic rings. The number of aromatic nitrogens is 1. The van der Waals surface area contributed by atoms with E-state index >= 15 is 0 Å². The van der Waals surface area contributed by atoms with Crippen molar-refractivity contribution in [1.82, 2.24) is 15.2 Å². The van der Waals surface area contributed by atoms with Crippen LogP contribution < -0.4 is 5.32 Å². The van der Waals surface area contributed by atoms with Crippen LogP contribution in [0.15, 0.2) is 57.4 Å². The molecule has 168 valence electrons. The highest BCUT2D eigenvalue weighted by atomic mass is 79.9. The standard InChI is InChI=1S/C26H30BrN3O2/c1-18-6-8-20(9-7-18)10-13-28-25(31)21-11-14-30(15-12-21)17-24-19(2)32-26(29-24)22-4-3-5-23(27)16-22/h3-9,16,21H,10-15,17H2,1-2H3,(H,28,31). The molecule has 1 fully saturated rings. The Labute approximate surface area is 198 Å². The average molecular weight is 496 g/mol. The van der Waals surface area contributed by atoms with Gasteiger partial charge in [-0.25, -0.2) is 4.98 Å². The highest BCUT2D eigenvalue weighted by Gasteiger charge is 2.26. The molecule has 0 unspecified atom stereocenters. The van der Waals surface area contributed by atoms with Crippen LogP contribution in [-0.2, 0) is 17.8 Å². The van der Waals surface area contributed by atoms with Gasteiger partial charge in [-0.3, -0.25) is 9.69 Å². The highest BCUT2D eigenvalue weighted by Crippen LogP contribution is 2.26. The Kier molecular flexibility index (Phi) is 7.43. The van der Waals surface area contributed by atoms with E-state index in [1.165, 1.54) is 11.1 Å². The molecule has 1 aliphatic heterocycles. The van der Waals surface area contributed by atoms with E-state index in [2.05, 4.69) is 57.3 Å². The molecule has 0 bridgehead atoms. The lowest BCUT2D eigenvalue weighted by atomic mass is 9.95. The number of hydrogen-bond donors (Lipinski definition) is 1. The summed E-state index contributed by atoms with van der Waals surface area (Å²) in [6.07, 6.45) is 2.63. The van der Waals surface area contributed by atoms with Crippen molar-refractivity contribution in [1.29, 1.82) is 0 Å². The number of carbonyl (C=O) groups is 1. The first kappa shape index (κ1) is 22.7. The smallest absolute Gasteiger partial charge is 0.226 e. The zero-order valence-corrected chi connectivity index (χ0v) is 20.3. The fraction of sp³-hybridized carbons (Fsp3) is 0.385. The topological polar surface area (TPSA) is 58.4 Å². The summed E-state index contributed by atoms with van der Waals surface area (Å²) in [7, 11) is 0. The summed E-state index contributed by atoms with van der Waals surface area (Å²) < 4.78 is 6.93. The Morgan fingerprint density at radius 3 is 2.62 bits per heavy atom. The van der Waals surface area contributed by atoms with Gasteiger partial charge in [0, 0.05) is 29.0 Å². The number of carbonyl (C=O) groups excluding carboxylic acids is 1. The van der Waals surface area contributed by atoms with Crippen LogP contribution >= 0.6 is 15.9 Å². The van der Waals surface area contributed by atoms with Crippen LogP contribution in [0, 0.1) is 19.8 Å². The summed E-state index contributed by atoms with van der Waals surface area (Å²) in [4.78, 5) is 19.7. The molecule has 0 aliphatic carbocycles. The predicted octanol–water partition coefficient (Wildman–Crippen LogP) is 5.29. The van der Waals surface area contributed by atoms with Crippen LogP contribution in [0.2, 0.25) is 0 Å². The normalized spacial score (nSPS) is 15.1. The van der Waals surface area contributed by atoms with E-state index in [-0.39, 0.29) is 11.8 Å². The first-order valence-electron chi connectivity index (χ1n) is 11.3. The van der Waals surface area contributed by atoms with Crippen LogP contribution in [0.1, 0.15) is 35.4 Å². The molecule has 5 nitrogen and oxygen atoms in total. The maximum atomic E-state index is 12.6. The van der Waals surface area contributed by atoms with Gasteiger partial charge in [0.2, 0.25) is 11.8 Å².